The second kappa shape index (κ2) is 9.73. The lowest BCUT2D eigenvalue weighted by molar-refractivity contribution is 0.130. The van der Waals surface area contributed by atoms with Gasteiger partial charge in [-0.1, -0.05) is 31.0 Å². The minimum Gasteiger partial charge on any atom is -0.494 e. The lowest BCUT2D eigenvalue weighted by Crippen LogP contribution is -2.49. The average Bonchev–Trinajstić information content (AvgIpc) is 3.15. The zero-order valence-electron chi connectivity index (χ0n) is 20.7. The van der Waals surface area contributed by atoms with Crippen molar-refractivity contribution in [1.29, 1.82) is 0 Å². The molecule has 6 heteroatoms. The Morgan fingerprint density at radius 3 is 2.14 bits per heavy atom. The Morgan fingerprint density at radius 2 is 1.43 bits per heavy atom. The molecule has 2 atom stereocenters. The monoisotopic (exact) mass is 474 g/mol. The summed E-state index contributed by atoms with van der Waals surface area (Å²) in [5.74, 6) is 1.79. The molecule has 2 aromatic heterocycles. The average molecular weight is 475 g/mol. The first kappa shape index (κ1) is 22.7. The van der Waals surface area contributed by atoms with E-state index in [9.17, 15) is 10.2 Å². The molecule has 2 N–H and O–H groups in total. The van der Waals surface area contributed by atoms with Gasteiger partial charge < -0.3 is 15.1 Å². The predicted octanol–water partition coefficient (Wildman–Crippen LogP) is 4.95. The Morgan fingerprint density at radius 1 is 0.771 bits per heavy atom. The van der Waals surface area contributed by atoms with Crippen molar-refractivity contribution in [3.05, 3.63) is 47.7 Å². The number of hydrogen-bond acceptors (Lipinski definition) is 5. The van der Waals surface area contributed by atoms with E-state index in [2.05, 4.69) is 39.0 Å². The van der Waals surface area contributed by atoms with Crippen molar-refractivity contribution >= 4 is 16.6 Å². The molecular formula is C29H38N4O2. The third kappa shape index (κ3) is 4.37. The highest BCUT2D eigenvalue weighted by molar-refractivity contribution is 5.90. The number of piperazine rings is 1. The normalized spacial score (nSPS) is 23.5. The summed E-state index contributed by atoms with van der Waals surface area (Å²) in [7, 11) is 0. The summed E-state index contributed by atoms with van der Waals surface area (Å²) < 4.78 is 1.84. The first-order valence-corrected chi connectivity index (χ1v) is 13.6. The van der Waals surface area contributed by atoms with Crippen LogP contribution in [0.1, 0.15) is 49.7 Å². The van der Waals surface area contributed by atoms with E-state index in [1.807, 2.05) is 16.8 Å². The summed E-state index contributed by atoms with van der Waals surface area (Å²) >= 11 is 0. The van der Waals surface area contributed by atoms with E-state index in [0.29, 0.717) is 23.6 Å². The van der Waals surface area contributed by atoms with E-state index in [1.165, 1.54) is 36.8 Å². The van der Waals surface area contributed by atoms with Gasteiger partial charge in [0.15, 0.2) is 11.8 Å². The Kier molecular flexibility index (Phi) is 6.31. The smallest absolute Gasteiger partial charge is 0.197 e. The molecule has 1 saturated heterocycles. The molecule has 0 radical (unpaired) electrons. The second-order valence-electron chi connectivity index (χ2n) is 10.9. The van der Waals surface area contributed by atoms with E-state index in [0.717, 1.165) is 81.6 Å². The largest absolute Gasteiger partial charge is 0.494 e. The number of fused-ring (bicyclic) bond motifs is 2. The van der Waals surface area contributed by atoms with Gasteiger partial charge in [0.2, 0.25) is 0 Å². The molecule has 1 saturated carbocycles. The highest BCUT2D eigenvalue weighted by Gasteiger charge is 2.32. The van der Waals surface area contributed by atoms with Crippen molar-refractivity contribution in [3.63, 3.8) is 0 Å². The van der Waals surface area contributed by atoms with Gasteiger partial charge in [0.1, 0.15) is 0 Å². The van der Waals surface area contributed by atoms with Crippen LogP contribution >= 0.6 is 0 Å². The number of aromatic nitrogens is 2. The SMILES string of the molecule is Oc1c2c(c(O)n1CC1CCCCC1CN1CCN(c3cccc4cccnc34)CC1)CCCC2. The number of benzene rings is 1. The Hall–Kier alpha value is -2.73. The van der Waals surface area contributed by atoms with Crippen LogP contribution in [0.4, 0.5) is 5.69 Å². The summed E-state index contributed by atoms with van der Waals surface area (Å²) in [5, 5.41) is 23.0. The van der Waals surface area contributed by atoms with E-state index < -0.39 is 0 Å². The molecular weight excluding hydrogens is 436 g/mol. The molecule has 1 aromatic carbocycles. The van der Waals surface area contributed by atoms with Gasteiger partial charge in [-0.05, 0) is 62.5 Å². The molecule has 186 valence electrons. The molecule has 2 aliphatic carbocycles. The van der Waals surface area contributed by atoms with Gasteiger partial charge in [0.25, 0.3) is 0 Å². The number of rotatable bonds is 5. The van der Waals surface area contributed by atoms with Crippen LogP contribution in [0.3, 0.4) is 0 Å². The molecule has 2 fully saturated rings. The molecule has 3 heterocycles. The predicted molar refractivity (Wildman–Crippen MR) is 140 cm³/mol. The number of anilines is 1. The lowest BCUT2D eigenvalue weighted by Gasteiger charge is -2.40. The highest BCUT2D eigenvalue weighted by Crippen LogP contribution is 2.41. The van der Waals surface area contributed by atoms with Crippen LogP contribution in [0.15, 0.2) is 36.5 Å². The van der Waals surface area contributed by atoms with Crippen LogP contribution < -0.4 is 4.90 Å². The summed E-state index contributed by atoms with van der Waals surface area (Å²) in [4.78, 5) is 9.79. The van der Waals surface area contributed by atoms with E-state index in [1.54, 1.807) is 0 Å². The number of nitrogens with zero attached hydrogens (tertiary/aromatic N) is 4. The van der Waals surface area contributed by atoms with Gasteiger partial charge in [-0.15, -0.1) is 0 Å². The Balaban J connectivity index is 1.11. The Bertz CT molecular complexity index is 1150. The molecule has 6 rings (SSSR count). The molecule has 1 aliphatic heterocycles. The Labute approximate surface area is 208 Å². The van der Waals surface area contributed by atoms with Crippen molar-refractivity contribution in [1.82, 2.24) is 14.5 Å². The van der Waals surface area contributed by atoms with Crippen molar-refractivity contribution in [3.8, 4) is 11.8 Å². The fourth-order valence-corrected chi connectivity index (χ4v) is 6.84. The van der Waals surface area contributed by atoms with Crippen LogP contribution in [0.25, 0.3) is 10.9 Å². The number of pyridine rings is 1. The van der Waals surface area contributed by atoms with Crippen molar-refractivity contribution in [2.75, 3.05) is 37.6 Å². The topological polar surface area (TPSA) is 64.8 Å². The van der Waals surface area contributed by atoms with Crippen LogP contribution in [0.2, 0.25) is 0 Å². The van der Waals surface area contributed by atoms with Crippen LogP contribution in [-0.4, -0.2) is 57.4 Å². The third-order valence-corrected chi connectivity index (χ3v) is 8.82. The summed E-state index contributed by atoms with van der Waals surface area (Å²) in [6, 6.07) is 10.6. The highest BCUT2D eigenvalue weighted by atomic mass is 16.3. The standard InChI is InChI=1S/C29H38N4O2/c34-28-24-11-3-4-12-25(24)29(35)33(28)20-23-8-2-1-7-22(23)19-31-15-17-32(18-16-31)26-13-5-9-21-10-6-14-30-27(21)26/h5-6,9-10,13-14,22-23,34-35H,1-4,7-8,11-12,15-20H2. The summed E-state index contributed by atoms with van der Waals surface area (Å²) in [6.07, 6.45) is 10.9. The fourth-order valence-electron chi connectivity index (χ4n) is 6.84. The van der Waals surface area contributed by atoms with Gasteiger partial charge >= 0.3 is 0 Å². The van der Waals surface area contributed by atoms with Gasteiger partial charge in [0, 0.05) is 62.0 Å². The molecule has 3 aliphatic rings. The third-order valence-electron chi connectivity index (χ3n) is 8.82. The maximum Gasteiger partial charge on any atom is 0.197 e. The number of aromatic hydroxyl groups is 2. The quantitative estimate of drug-likeness (QED) is 0.548. The molecule has 6 nitrogen and oxygen atoms in total. The first-order chi connectivity index (χ1) is 17.2. The second-order valence-corrected chi connectivity index (χ2v) is 10.9. The molecule has 0 bridgehead atoms. The summed E-state index contributed by atoms with van der Waals surface area (Å²) in [5.41, 5.74) is 4.35. The van der Waals surface area contributed by atoms with E-state index in [4.69, 9.17) is 0 Å². The zero-order chi connectivity index (χ0) is 23.8. The molecule has 35 heavy (non-hydrogen) atoms. The summed E-state index contributed by atoms with van der Waals surface area (Å²) in [6.45, 7) is 6.06. The molecule has 3 aromatic rings. The minimum absolute atomic E-state index is 0.332. The van der Waals surface area contributed by atoms with Crippen molar-refractivity contribution in [2.45, 2.75) is 57.9 Å². The lowest BCUT2D eigenvalue weighted by atomic mass is 9.78. The molecule has 0 spiro atoms. The molecule has 2 unspecified atom stereocenters. The van der Waals surface area contributed by atoms with Crippen LogP contribution in [0, 0.1) is 11.8 Å². The van der Waals surface area contributed by atoms with Crippen LogP contribution in [-0.2, 0) is 19.4 Å². The maximum atomic E-state index is 10.9. The van der Waals surface area contributed by atoms with Gasteiger partial charge in [-0.3, -0.25) is 14.5 Å². The van der Waals surface area contributed by atoms with E-state index >= 15 is 0 Å². The van der Waals surface area contributed by atoms with Gasteiger partial charge in [-0.2, -0.15) is 0 Å². The first-order valence-electron chi connectivity index (χ1n) is 13.6. The van der Waals surface area contributed by atoms with E-state index in [-0.39, 0.29) is 0 Å². The minimum atomic E-state index is 0.332. The maximum absolute atomic E-state index is 10.9. The number of para-hydroxylation sites is 1. The zero-order valence-corrected chi connectivity index (χ0v) is 20.7. The van der Waals surface area contributed by atoms with Gasteiger partial charge in [-0.25, -0.2) is 0 Å². The van der Waals surface area contributed by atoms with Crippen molar-refractivity contribution < 1.29 is 10.2 Å². The van der Waals surface area contributed by atoms with Crippen LogP contribution in [0.5, 0.6) is 11.8 Å². The number of hydrogen-bond donors (Lipinski definition) is 2. The van der Waals surface area contributed by atoms with Gasteiger partial charge in [0.05, 0.1) is 11.2 Å². The molecule has 0 amide bonds. The fraction of sp³-hybridized carbons (Fsp3) is 0.552. The van der Waals surface area contributed by atoms with Crippen molar-refractivity contribution in [2.24, 2.45) is 11.8 Å².